The van der Waals surface area contributed by atoms with Gasteiger partial charge in [-0.25, -0.2) is 0 Å². The van der Waals surface area contributed by atoms with Crippen molar-refractivity contribution >= 4 is 31.9 Å². The van der Waals surface area contributed by atoms with E-state index in [9.17, 15) is 0 Å². The fraction of sp³-hybridized carbons (Fsp3) is 0.365. The number of aromatic nitrogens is 4. The highest BCUT2D eigenvalue weighted by molar-refractivity contribution is 9.10. The van der Waals surface area contributed by atoms with Crippen LogP contribution in [0.15, 0.2) is 151 Å². The number of halogens is 2. The molecule has 0 radical (unpaired) electrons. The molecule has 2 aromatic heterocycles. The lowest BCUT2D eigenvalue weighted by Crippen LogP contribution is -2.25. The van der Waals surface area contributed by atoms with Gasteiger partial charge in [0.25, 0.3) is 0 Å². The van der Waals surface area contributed by atoms with Gasteiger partial charge in [-0.1, -0.05) is 169 Å². The molecule has 0 saturated carbocycles. The Morgan fingerprint density at radius 2 is 0.671 bits per heavy atom. The summed E-state index contributed by atoms with van der Waals surface area (Å²) in [6.45, 7) is 5.58. The number of hydrogen-bond acceptors (Lipinski definition) is 8. The predicted octanol–water partition coefficient (Wildman–Crippen LogP) is 18.7. The highest BCUT2D eigenvalue weighted by Crippen LogP contribution is 2.55. The average molecular weight is 1110 g/mol. The third kappa shape index (κ3) is 13.9. The highest BCUT2D eigenvalue weighted by atomic mass is 79.9. The average Bonchev–Trinajstić information content (AvgIpc) is 4.17. The minimum Gasteiger partial charge on any atom is -0.494 e. The van der Waals surface area contributed by atoms with Gasteiger partial charge in [0.15, 0.2) is 0 Å². The lowest BCUT2D eigenvalue weighted by atomic mass is 9.70. The van der Waals surface area contributed by atoms with E-state index >= 15 is 0 Å². The zero-order valence-corrected chi connectivity index (χ0v) is 45.7. The number of aryl methyl sites for hydroxylation is 2. The molecule has 0 N–H and O–H groups in total. The van der Waals surface area contributed by atoms with Gasteiger partial charge in [-0.15, -0.1) is 20.4 Å². The van der Waals surface area contributed by atoms with E-state index in [0.717, 1.165) is 59.8 Å². The number of fused-ring (bicyclic) bond motifs is 3. The summed E-state index contributed by atoms with van der Waals surface area (Å²) in [6, 6.07) is 46.1. The first-order chi connectivity index (χ1) is 35.8. The summed E-state index contributed by atoms with van der Waals surface area (Å²) < 4.78 is 26.4. The molecule has 0 unspecified atom stereocenters. The van der Waals surface area contributed by atoms with Crippen LogP contribution < -0.4 is 9.47 Å². The van der Waals surface area contributed by atoms with Crippen LogP contribution in [-0.4, -0.2) is 33.6 Å². The van der Waals surface area contributed by atoms with Crippen LogP contribution in [0.1, 0.15) is 138 Å². The minimum atomic E-state index is 0.0506. The van der Waals surface area contributed by atoms with E-state index in [1.165, 1.54) is 145 Å². The van der Waals surface area contributed by atoms with Crippen LogP contribution in [0.25, 0.3) is 56.9 Å². The van der Waals surface area contributed by atoms with E-state index in [-0.39, 0.29) is 5.41 Å². The van der Waals surface area contributed by atoms with Crippen LogP contribution in [0.2, 0.25) is 0 Å². The largest absolute Gasteiger partial charge is 0.494 e. The number of ether oxygens (including phenoxy) is 2. The van der Waals surface area contributed by atoms with Crippen molar-refractivity contribution in [3.63, 3.8) is 0 Å². The zero-order valence-electron chi connectivity index (χ0n) is 42.5. The lowest BCUT2D eigenvalue weighted by molar-refractivity contribution is 0.304. The normalized spacial score (nSPS) is 12.5. The van der Waals surface area contributed by atoms with Gasteiger partial charge >= 0.3 is 0 Å². The van der Waals surface area contributed by atoms with E-state index in [0.29, 0.717) is 23.6 Å². The molecule has 8 nitrogen and oxygen atoms in total. The van der Waals surface area contributed by atoms with Crippen molar-refractivity contribution in [3.8, 4) is 68.4 Å². The summed E-state index contributed by atoms with van der Waals surface area (Å²) in [6.07, 6.45) is 22.2. The van der Waals surface area contributed by atoms with Gasteiger partial charge < -0.3 is 18.3 Å². The van der Waals surface area contributed by atoms with Gasteiger partial charge in [0, 0.05) is 36.6 Å². The van der Waals surface area contributed by atoms with Crippen LogP contribution in [0.4, 0.5) is 0 Å². The van der Waals surface area contributed by atoms with Crippen molar-refractivity contribution in [3.05, 3.63) is 165 Å². The highest BCUT2D eigenvalue weighted by Gasteiger charge is 2.42. The Labute approximate surface area is 449 Å². The molecule has 73 heavy (non-hydrogen) atoms. The van der Waals surface area contributed by atoms with Crippen LogP contribution >= 0.6 is 31.9 Å². The molecule has 0 amide bonds. The number of hydrogen-bond donors (Lipinski definition) is 0. The molecule has 10 heteroatoms. The van der Waals surface area contributed by atoms with Crippen molar-refractivity contribution in [2.75, 3.05) is 13.2 Å². The number of nitrogens with zero attached hydrogens (tertiary/aromatic N) is 4. The molecule has 378 valence electrons. The third-order valence-corrected chi connectivity index (χ3v) is 15.5. The molecule has 8 aromatic rings. The second-order valence-corrected chi connectivity index (χ2v) is 21.8. The maximum Gasteiger partial charge on any atom is 0.248 e. The minimum absolute atomic E-state index is 0.0506. The van der Waals surface area contributed by atoms with Gasteiger partial charge in [0.2, 0.25) is 23.6 Å². The third-order valence-electron chi connectivity index (χ3n) is 14.5. The molecule has 0 aliphatic heterocycles. The molecule has 0 spiro atoms. The quantitative estimate of drug-likeness (QED) is 0.0448. The summed E-state index contributed by atoms with van der Waals surface area (Å²) in [7, 11) is 0. The summed E-state index contributed by atoms with van der Waals surface area (Å²) in [4.78, 5) is 0. The Morgan fingerprint density at radius 1 is 0.370 bits per heavy atom. The summed E-state index contributed by atoms with van der Waals surface area (Å²) in [5, 5.41) is 17.0. The second-order valence-electron chi connectivity index (χ2n) is 19.9. The number of rotatable bonds is 28. The van der Waals surface area contributed by atoms with Crippen LogP contribution in [0.3, 0.4) is 0 Å². The Morgan fingerprint density at radius 3 is 1.01 bits per heavy atom. The number of benzene rings is 6. The van der Waals surface area contributed by atoms with Crippen molar-refractivity contribution in [1.29, 1.82) is 0 Å². The molecule has 0 fully saturated rings. The summed E-state index contributed by atoms with van der Waals surface area (Å²) >= 11 is 7.73. The second kappa shape index (κ2) is 25.9. The first kappa shape index (κ1) is 52.0. The molecule has 6 aromatic carbocycles. The molecular weight excluding hydrogens is 1040 g/mol. The molecule has 2 heterocycles. The molecule has 0 saturated heterocycles. The van der Waals surface area contributed by atoms with Crippen molar-refractivity contribution in [2.45, 2.75) is 135 Å². The zero-order chi connectivity index (χ0) is 50.2. The van der Waals surface area contributed by atoms with E-state index < -0.39 is 0 Å². The summed E-state index contributed by atoms with van der Waals surface area (Å²) in [5.74, 6) is 3.81. The van der Waals surface area contributed by atoms with Gasteiger partial charge in [-0.05, 0) is 159 Å². The topological polar surface area (TPSA) is 96.3 Å². The van der Waals surface area contributed by atoms with Crippen LogP contribution in [0.5, 0.6) is 11.5 Å². The first-order valence-corrected chi connectivity index (χ1v) is 28.3. The molecule has 0 atom stereocenters. The SMILES string of the molecule is Cc1ccc(-c2nnc(-c3ccc(OCCCCCCCCCCC4(CCCCCCCCCCOc5ccc(-c6nnc(-c7ccc(C)cc7)o6)cc5)c5cc(Br)ccc5-c5ccc(Br)cc54)cc3)o2)cc1. The van der Waals surface area contributed by atoms with E-state index in [2.05, 4.69) is 103 Å². The van der Waals surface area contributed by atoms with Gasteiger partial charge in [0.1, 0.15) is 11.5 Å². The Bertz CT molecular complexity index is 2760. The molecule has 9 rings (SSSR count). The Kier molecular flexibility index (Phi) is 18.5. The molecular formula is C63H68Br2N4O4. The Hall–Kier alpha value is -5.84. The van der Waals surface area contributed by atoms with Crippen LogP contribution in [0, 0.1) is 13.8 Å². The van der Waals surface area contributed by atoms with Crippen LogP contribution in [-0.2, 0) is 5.41 Å². The van der Waals surface area contributed by atoms with E-state index in [1.54, 1.807) is 0 Å². The fourth-order valence-electron chi connectivity index (χ4n) is 10.4. The smallest absolute Gasteiger partial charge is 0.248 e. The van der Waals surface area contributed by atoms with E-state index in [4.69, 9.17) is 18.3 Å². The van der Waals surface area contributed by atoms with Crippen molar-refractivity contribution in [2.24, 2.45) is 0 Å². The van der Waals surface area contributed by atoms with E-state index in [1.807, 2.05) is 97.1 Å². The predicted molar refractivity (Wildman–Crippen MR) is 302 cm³/mol. The maximum absolute atomic E-state index is 6.09. The molecule has 1 aliphatic carbocycles. The van der Waals surface area contributed by atoms with Gasteiger partial charge in [0.05, 0.1) is 13.2 Å². The van der Waals surface area contributed by atoms with Crippen molar-refractivity contribution in [1.82, 2.24) is 20.4 Å². The van der Waals surface area contributed by atoms with Gasteiger partial charge in [-0.3, -0.25) is 0 Å². The summed E-state index contributed by atoms with van der Waals surface area (Å²) in [5.41, 5.74) is 11.9. The molecule has 1 aliphatic rings. The maximum atomic E-state index is 6.09. The Balaban J connectivity index is 0.651. The van der Waals surface area contributed by atoms with Gasteiger partial charge in [-0.2, -0.15) is 0 Å². The number of unbranched alkanes of at least 4 members (excludes halogenated alkanes) is 14. The fourth-order valence-corrected chi connectivity index (χ4v) is 11.1. The standard InChI is InChI=1S/C63H68Br2N4O4/c1-45-19-23-47(24-20-45)59-66-68-61(72-59)49-27-33-53(34-28-49)70-41-17-13-9-5-3-7-11-15-39-63(57-43-51(64)31-37-55(57)56-38-32-52(65)44-58(56)63)40-16-12-8-4-6-10-14-18-42-71-54-35-29-50(30-36-54)62-69-67-60(73-62)48-25-21-46(2)22-26-48/h19-38,43-44H,3-18,39-42H2,1-2H3. The monoisotopic (exact) mass is 1100 g/mol. The van der Waals surface area contributed by atoms with Crippen molar-refractivity contribution < 1.29 is 18.3 Å². The first-order valence-electron chi connectivity index (χ1n) is 26.7. The molecule has 0 bridgehead atoms. The lowest BCUT2D eigenvalue weighted by Gasteiger charge is -2.33.